The van der Waals surface area contributed by atoms with E-state index in [1.165, 1.54) is 83.5 Å². The number of nitrogens with zero attached hydrogens (tertiary/aromatic N) is 1. The van der Waals surface area contributed by atoms with Crippen molar-refractivity contribution in [3.8, 4) is 0 Å². The summed E-state index contributed by atoms with van der Waals surface area (Å²) in [4.78, 5) is 4.88. The lowest BCUT2D eigenvalue weighted by Gasteiger charge is -2.30. The van der Waals surface area contributed by atoms with Crippen molar-refractivity contribution in [1.82, 2.24) is 0 Å². The van der Waals surface area contributed by atoms with E-state index in [1.54, 1.807) is 0 Å². The monoisotopic (exact) mass is 323 g/mol. The van der Waals surface area contributed by atoms with Crippen LogP contribution in [0.15, 0.2) is 4.99 Å². The quantitative estimate of drug-likeness (QED) is 0.196. The zero-order valence-corrected chi connectivity index (χ0v) is 16.3. The molecule has 0 aromatic heterocycles. The van der Waals surface area contributed by atoms with E-state index in [4.69, 9.17) is 9.73 Å². The molecule has 0 bridgehead atoms. The Kier molecular flexibility index (Phi) is 10.6. The molecular formula is C21H41NO. The van der Waals surface area contributed by atoms with Crippen LogP contribution < -0.4 is 0 Å². The number of methoxy groups -OCH3 is 1. The summed E-state index contributed by atoms with van der Waals surface area (Å²) in [5.74, 6) is 1.88. The fraction of sp³-hybridized carbons (Fsp3) is 0.952. The van der Waals surface area contributed by atoms with Gasteiger partial charge in [0.1, 0.15) is 0 Å². The van der Waals surface area contributed by atoms with Crippen LogP contribution in [0.5, 0.6) is 0 Å². The van der Waals surface area contributed by atoms with Crippen LogP contribution in [0.3, 0.4) is 0 Å². The molecule has 0 heterocycles. The van der Waals surface area contributed by atoms with Gasteiger partial charge in [0.25, 0.3) is 0 Å². The standard InChI is InChI=1S/C21H41NO/c1-5-7-9-11-13-17-21(3,16-12-10-8-6-2)20(23-4)22-18-19-14-15-19/h19H,5-18H2,1-4H3. The highest BCUT2D eigenvalue weighted by Gasteiger charge is 2.32. The lowest BCUT2D eigenvalue weighted by Crippen LogP contribution is -2.30. The summed E-state index contributed by atoms with van der Waals surface area (Å²) < 4.78 is 5.78. The summed E-state index contributed by atoms with van der Waals surface area (Å²) in [7, 11) is 1.83. The average molecular weight is 324 g/mol. The second-order valence-electron chi connectivity index (χ2n) is 7.83. The van der Waals surface area contributed by atoms with Gasteiger partial charge in [0.05, 0.1) is 7.11 Å². The molecule has 1 atom stereocenters. The highest BCUT2D eigenvalue weighted by Crippen LogP contribution is 2.35. The lowest BCUT2D eigenvalue weighted by molar-refractivity contribution is 0.266. The zero-order chi connectivity index (χ0) is 17.0. The number of hydrogen-bond acceptors (Lipinski definition) is 2. The normalized spacial score (nSPS) is 18.0. The minimum atomic E-state index is 0.156. The topological polar surface area (TPSA) is 21.6 Å². The average Bonchev–Trinajstić information content (AvgIpc) is 3.36. The second kappa shape index (κ2) is 11.9. The van der Waals surface area contributed by atoms with Crippen molar-refractivity contribution in [2.45, 2.75) is 104 Å². The van der Waals surface area contributed by atoms with Crippen molar-refractivity contribution in [1.29, 1.82) is 0 Å². The molecule has 1 saturated carbocycles. The molecule has 0 saturated heterocycles. The summed E-state index contributed by atoms with van der Waals surface area (Å²) >= 11 is 0. The molecule has 1 unspecified atom stereocenters. The Balaban J connectivity index is 2.54. The minimum Gasteiger partial charge on any atom is -0.484 e. The van der Waals surface area contributed by atoms with E-state index >= 15 is 0 Å². The van der Waals surface area contributed by atoms with Gasteiger partial charge in [-0.05, 0) is 31.6 Å². The molecule has 1 aliphatic carbocycles. The largest absolute Gasteiger partial charge is 0.484 e. The first-order chi connectivity index (χ1) is 11.2. The third-order valence-electron chi connectivity index (χ3n) is 5.31. The van der Waals surface area contributed by atoms with Crippen molar-refractivity contribution >= 4 is 5.90 Å². The number of ether oxygens (including phenoxy) is 1. The SMILES string of the molecule is CCCCCCCC(C)(CCCCCC)C(=NCC1CC1)OC. The molecule has 1 fully saturated rings. The smallest absolute Gasteiger partial charge is 0.189 e. The van der Waals surface area contributed by atoms with E-state index in [9.17, 15) is 0 Å². The number of aliphatic imine (C=N–C) groups is 1. The Morgan fingerprint density at radius 1 is 0.913 bits per heavy atom. The minimum absolute atomic E-state index is 0.156. The van der Waals surface area contributed by atoms with Crippen molar-refractivity contribution < 1.29 is 4.74 Å². The van der Waals surface area contributed by atoms with Gasteiger partial charge < -0.3 is 4.74 Å². The molecule has 0 spiro atoms. The molecule has 1 rings (SSSR count). The van der Waals surface area contributed by atoms with Gasteiger partial charge in [0.15, 0.2) is 5.90 Å². The van der Waals surface area contributed by atoms with Crippen LogP contribution in [-0.4, -0.2) is 19.6 Å². The molecule has 0 radical (unpaired) electrons. The molecule has 2 heteroatoms. The van der Waals surface area contributed by atoms with Crippen LogP contribution >= 0.6 is 0 Å². The van der Waals surface area contributed by atoms with Gasteiger partial charge in [-0.2, -0.15) is 0 Å². The first-order valence-electron chi connectivity index (χ1n) is 10.2. The van der Waals surface area contributed by atoms with Crippen molar-refractivity contribution in [3.63, 3.8) is 0 Å². The maximum Gasteiger partial charge on any atom is 0.189 e. The Morgan fingerprint density at radius 2 is 1.43 bits per heavy atom. The summed E-state index contributed by atoms with van der Waals surface area (Å²) in [6, 6.07) is 0. The highest BCUT2D eigenvalue weighted by molar-refractivity contribution is 5.82. The van der Waals surface area contributed by atoms with E-state index in [2.05, 4.69) is 20.8 Å². The summed E-state index contributed by atoms with van der Waals surface area (Å²) in [6.07, 6.45) is 17.3. The summed E-state index contributed by atoms with van der Waals surface area (Å²) in [6.45, 7) is 7.95. The maximum atomic E-state index is 5.78. The van der Waals surface area contributed by atoms with Gasteiger partial charge in [0, 0.05) is 12.0 Å². The molecule has 23 heavy (non-hydrogen) atoms. The third-order valence-corrected chi connectivity index (χ3v) is 5.31. The molecule has 0 aromatic rings. The molecule has 2 nitrogen and oxygen atoms in total. The van der Waals surface area contributed by atoms with E-state index in [1.807, 2.05) is 7.11 Å². The lowest BCUT2D eigenvalue weighted by atomic mass is 9.79. The predicted molar refractivity (Wildman–Crippen MR) is 102 cm³/mol. The van der Waals surface area contributed by atoms with Crippen LogP contribution in [-0.2, 0) is 4.74 Å². The first kappa shape index (κ1) is 20.5. The van der Waals surface area contributed by atoms with Crippen molar-refractivity contribution in [2.24, 2.45) is 16.3 Å². The van der Waals surface area contributed by atoms with Gasteiger partial charge in [-0.25, -0.2) is 0 Å². The van der Waals surface area contributed by atoms with Gasteiger partial charge in [-0.15, -0.1) is 0 Å². The Morgan fingerprint density at radius 3 is 1.91 bits per heavy atom. The summed E-state index contributed by atoms with van der Waals surface area (Å²) in [5.41, 5.74) is 0.156. The van der Waals surface area contributed by atoms with E-state index in [0.717, 1.165) is 18.4 Å². The van der Waals surface area contributed by atoms with Crippen LogP contribution in [0.2, 0.25) is 0 Å². The fourth-order valence-electron chi connectivity index (χ4n) is 3.41. The van der Waals surface area contributed by atoms with E-state index in [0.29, 0.717) is 0 Å². The Bertz CT molecular complexity index is 322. The van der Waals surface area contributed by atoms with Crippen LogP contribution in [0, 0.1) is 11.3 Å². The van der Waals surface area contributed by atoms with Gasteiger partial charge in [0.2, 0.25) is 0 Å². The summed E-state index contributed by atoms with van der Waals surface area (Å²) in [5, 5.41) is 0. The van der Waals surface area contributed by atoms with Crippen LogP contribution in [0.1, 0.15) is 104 Å². The number of rotatable bonds is 14. The third kappa shape index (κ3) is 8.77. The van der Waals surface area contributed by atoms with Crippen molar-refractivity contribution in [2.75, 3.05) is 13.7 Å². The van der Waals surface area contributed by atoms with Gasteiger partial charge in [-0.3, -0.25) is 4.99 Å². The molecule has 0 N–H and O–H groups in total. The van der Waals surface area contributed by atoms with Gasteiger partial charge >= 0.3 is 0 Å². The number of unbranched alkanes of at least 4 members (excludes halogenated alkanes) is 7. The zero-order valence-electron chi connectivity index (χ0n) is 16.3. The number of hydrogen-bond donors (Lipinski definition) is 0. The van der Waals surface area contributed by atoms with Crippen LogP contribution in [0.25, 0.3) is 0 Å². The molecule has 136 valence electrons. The maximum absolute atomic E-state index is 5.78. The first-order valence-corrected chi connectivity index (χ1v) is 10.2. The fourth-order valence-corrected chi connectivity index (χ4v) is 3.41. The Hall–Kier alpha value is -0.530. The van der Waals surface area contributed by atoms with Gasteiger partial charge in [-0.1, -0.05) is 78.6 Å². The molecular weight excluding hydrogens is 282 g/mol. The molecule has 1 aliphatic rings. The predicted octanol–water partition coefficient (Wildman–Crippen LogP) is 6.78. The molecule has 0 amide bonds. The van der Waals surface area contributed by atoms with E-state index in [-0.39, 0.29) is 5.41 Å². The molecule has 0 aromatic carbocycles. The van der Waals surface area contributed by atoms with Crippen LogP contribution in [0.4, 0.5) is 0 Å². The van der Waals surface area contributed by atoms with E-state index < -0.39 is 0 Å². The highest BCUT2D eigenvalue weighted by atomic mass is 16.5. The molecule has 0 aliphatic heterocycles. The Labute approximate surface area is 145 Å². The van der Waals surface area contributed by atoms with Crippen molar-refractivity contribution in [3.05, 3.63) is 0 Å². The second-order valence-corrected chi connectivity index (χ2v) is 7.83.